The van der Waals surface area contributed by atoms with Crippen molar-refractivity contribution in [3.63, 3.8) is 0 Å². The lowest BCUT2D eigenvalue weighted by Gasteiger charge is -2.46. The number of hydrogen-bond donors (Lipinski definition) is 1. The van der Waals surface area contributed by atoms with Gasteiger partial charge in [-0.1, -0.05) is 0 Å². The van der Waals surface area contributed by atoms with E-state index in [2.05, 4.69) is 10.2 Å². The van der Waals surface area contributed by atoms with E-state index < -0.39 is 5.41 Å². The summed E-state index contributed by atoms with van der Waals surface area (Å²) in [5.74, 6) is 1.21. The fourth-order valence-corrected chi connectivity index (χ4v) is 4.47. The maximum atomic E-state index is 12.4. The lowest BCUT2D eigenvalue weighted by molar-refractivity contribution is -0.131. The Morgan fingerprint density at radius 3 is 2.58 bits per heavy atom. The lowest BCUT2D eigenvalue weighted by atomic mass is 9.71. The Balaban J connectivity index is 1.73. The zero-order valence-corrected chi connectivity index (χ0v) is 14.1. The third-order valence-electron chi connectivity index (χ3n) is 5.81. The lowest BCUT2D eigenvalue weighted by Crippen LogP contribution is -2.48. The minimum Gasteiger partial charge on any atom is -0.493 e. The molecule has 3 aliphatic rings. The van der Waals surface area contributed by atoms with Crippen molar-refractivity contribution in [1.82, 2.24) is 10.2 Å². The molecule has 6 heteroatoms. The second kappa shape index (κ2) is 5.48. The number of methoxy groups -OCH3 is 2. The Labute approximate surface area is 141 Å². The number of hydrogen-bond acceptors (Lipinski definition) is 5. The van der Waals surface area contributed by atoms with Gasteiger partial charge in [0.1, 0.15) is 0 Å². The van der Waals surface area contributed by atoms with Crippen LogP contribution in [0.25, 0.3) is 0 Å². The molecule has 2 saturated heterocycles. The van der Waals surface area contributed by atoms with Crippen molar-refractivity contribution in [2.75, 3.05) is 27.3 Å². The van der Waals surface area contributed by atoms with Crippen LogP contribution >= 0.6 is 0 Å². The van der Waals surface area contributed by atoms with Gasteiger partial charge in [0.15, 0.2) is 11.5 Å². The molecule has 0 aromatic heterocycles. The van der Waals surface area contributed by atoms with Crippen LogP contribution in [0.1, 0.15) is 36.4 Å². The first kappa shape index (κ1) is 15.4. The number of imide groups is 1. The number of benzene rings is 1. The molecule has 2 atom stereocenters. The van der Waals surface area contributed by atoms with E-state index in [-0.39, 0.29) is 17.9 Å². The molecule has 0 saturated carbocycles. The van der Waals surface area contributed by atoms with Gasteiger partial charge < -0.3 is 9.47 Å². The van der Waals surface area contributed by atoms with E-state index in [0.29, 0.717) is 18.6 Å². The highest BCUT2D eigenvalue weighted by molar-refractivity contribution is 6.05. The average molecular weight is 330 g/mol. The Morgan fingerprint density at radius 1 is 1.17 bits per heavy atom. The molecule has 6 nitrogen and oxygen atoms in total. The molecule has 0 bridgehead atoms. The number of nitrogens with one attached hydrogen (secondary N) is 1. The molecular formula is C18H22N2O4. The minimum atomic E-state index is -0.542. The Morgan fingerprint density at radius 2 is 1.92 bits per heavy atom. The molecule has 4 rings (SSSR count). The maximum absolute atomic E-state index is 12.4. The molecular weight excluding hydrogens is 308 g/mol. The van der Waals surface area contributed by atoms with Crippen molar-refractivity contribution in [2.45, 2.75) is 31.7 Å². The molecule has 3 heterocycles. The van der Waals surface area contributed by atoms with Crippen LogP contribution in [0.4, 0.5) is 0 Å². The standard InChI is InChI=1S/C18H22N2O4/c1-23-14-7-11-3-5-20-6-4-18(10-16(21)19-17(18)22)9-13(20)12(11)8-15(14)24-2/h7-8,13H,3-6,9-10H2,1-2H3,(H,19,21,22)/t13-,18+/m0/s1. The summed E-state index contributed by atoms with van der Waals surface area (Å²) in [5.41, 5.74) is 1.90. The van der Waals surface area contributed by atoms with Crippen LogP contribution in [-0.4, -0.2) is 44.0 Å². The first-order chi connectivity index (χ1) is 11.6. The quantitative estimate of drug-likeness (QED) is 0.831. The second-order valence-electron chi connectivity index (χ2n) is 7.00. The molecule has 2 fully saturated rings. The van der Waals surface area contributed by atoms with Crippen LogP contribution in [0.5, 0.6) is 11.5 Å². The molecule has 3 aliphatic heterocycles. The summed E-state index contributed by atoms with van der Waals surface area (Å²) in [6.45, 7) is 1.82. The van der Waals surface area contributed by atoms with Crippen molar-refractivity contribution < 1.29 is 19.1 Å². The topological polar surface area (TPSA) is 67.9 Å². The van der Waals surface area contributed by atoms with Gasteiger partial charge in [-0.05, 0) is 49.1 Å². The van der Waals surface area contributed by atoms with Gasteiger partial charge in [-0.25, -0.2) is 0 Å². The highest BCUT2D eigenvalue weighted by atomic mass is 16.5. The van der Waals surface area contributed by atoms with Crippen LogP contribution in [0.3, 0.4) is 0 Å². The molecule has 128 valence electrons. The van der Waals surface area contributed by atoms with E-state index in [1.165, 1.54) is 11.1 Å². The molecule has 1 aromatic carbocycles. The zero-order valence-electron chi connectivity index (χ0n) is 14.1. The van der Waals surface area contributed by atoms with Crippen molar-refractivity contribution >= 4 is 11.8 Å². The van der Waals surface area contributed by atoms with Crippen molar-refractivity contribution in [3.8, 4) is 11.5 Å². The molecule has 0 aliphatic carbocycles. The molecule has 0 unspecified atom stereocenters. The highest BCUT2D eigenvalue weighted by Crippen LogP contribution is 2.49. The third-order valence-corrected chi connectivity index (χ3v) is 5.81. The second-order valence-corrected chi connectivity index (χ2v) is 7.00. The summed E-state index contributed by atoms with van der Waals surface area (Å²) >= 11 is 0. The summed E-state index contributed by atoms with van der Waals surface area (Å²) in [4.78, 5) is 26.5. The fourth-order valence-electron chi connectivity index (χ4n) is 4.47. The first-order valence-electron chi connectivity index (χ1n) is 8.39. The predicted octanol–water partition coefficient (Wildman–Crippen LogP) is 1.43. The number of nitrogens with zero attached hydrogens (tertiary/aromatic N) is 1. The van der Waals surface area contributed by atoms with E-state index in [1.54, 1.807) is 14.2 Å². The Bertz CT molecular complexity index is 717. The largest absolute Gasteiger partial charge is 0.493 e. The van der Waals surface area contributed by atoms with Crippen molar-refractivity contribution in [3.05, 3.63) is 23.3 Å². The van der Waals surface area contributed by atoms with Crippen LogP contribution in [0.2, 0.25) is 0 Å². The SMILES string of the molecule is COc1cc2c(cc1OC)[C@@H]1C[C@]3(CCN1CC2)CC(=O)NC3=O. The number of carbonyl (C=O) groups is 2. The van der Waals surface area contributed by atoms with Crippen molar-refractivity contribution in [2.24, 2.45) is 5.41 Å². The van der Waals surface area contributed by atoms with Gasteiger partial charge in [-0.15, -0.1) is 0 Å². The van der Waals surface area contributed by atoms with Gasteiger partial charge in [0.05, 0.1) is 19.6 Å². The summed E-state index contributed by atoms with van der Waals surface area (Å²) in [5, 5.41) is 2.50. The molecule has 1 N–H and O–H groups in total. The van der Waals surface area contributed by atoms with Gasteiger partial charge in [-0.3, -0.25) is 19.8 Å². The molecule has 2 amide bonds. The van der Waals surface area contributed by atoms with Gasteiger partial charge in [0, 0.05) is 19.0 Å². The van der Waals surface area contributed by atoms with Gasteiger partial charge in [-0.2, -0.15) is 0 Å². The number of amides is 2. The molecule has 1 spiro atoms. The van der Waals surface area contributed by atoms with Crippen LogP contribution in [0, 0.1) is 5.41 Å². The zero-order chi connectivity index (χ0) is 16.9. The summed E-state index contributed by atoms with van der Waals surface area (Å²) in [6.07, 6.45) is 2.72. The smallest absolute Gasteiger partial charge is 0.233 e. The predicted molar refractivity (Wildman–Crippen MR) is 87.0 cm³/mol. The molecule has 1 aromatic rings. The van der Waals surface area contributed by atoms with E-state index in [4.69, 9.17) is 9.47 Å². The van der Waals surface area contributed by atoms with Crippen LogP contribution < -0.4 is 14.8 Å². The van der Waals surface area contributed by atoms with Gasteiger partial charge >= 0.3 is 0 Å². The number of carbonyl (C=O) groups excluding carboxylic acids is 2. The normalized spacial score (nSPS) is 29.2. The Kier molecular flexibility index (Phi) is 3.53. The van der Waals surface area contributed by atoms with E-state index in [9.17, 15) is 9.59 Å². The monoisotopic (exact) mass is 330 g/mol. The van der Waals surface area contributed by atoms with Crippen LogP contribution in [-0.2, 0) is 16.0 Å². The third kappa shape index (κ3) is 2.20. The Hall–Kier alpha value is -2.08. The minimum absolute atomic E-state index is 0.0975. The summed E-state index contributed by atoms with van der Waals surface area (Å²) in [7, 11) is 3.28. The van der Waals surface area contributed by atoms with Gasteiger partial charge in [0.25, 0.3) is 0 Å². The maximum Gasteiger partial charge on any atom is 0.233 e. The van der Waals surface area contributed by atoms with E-state index in [0.717, 1.165) is 31.7 Å². The summed E-state index contributed by atoms with van der Waals surface area (Å²) in [6, 6.07) is 4.24. The van der Waals surface area contributed by atoms with Gasteiger partial charge in [0.2, 0.25) is 11.8 Å². The van der Waals surface area contributed by atoms with E-state index in [1.807, 2.05) is 12.1 Å². The molecule has 24 heavy (non-hydrogen) atoms. The van der Waals surface area contributed by atoms with Crippen molar-refractivity contribution in [1.29, 1.82) is 0 Å². The number of rotatable bonds is 2. The van der Waals surface area contributed by atoms with E-state index >= 15 is 0 Å². The van der Waals surface area contributed by atoms with Crippen LogP contribution in [0.15, 0.2) is 12.1 Å². The highest BCUT2D eigenvalue weighted by Gasteiger charge is 2.52. The number of fused-ring (bicyclic) bond motifs is 3. The number of piperidine rings is 1. The average Bonchev–Trinajstić information content (AvgIpc) is 2.86. The number of ether oxygens (including phenoxy) is 2. The fraction of sp³-hybridized carbons (Fsp3) is 0.556. The molecule has 0 radical (unpaired) electrons. The summed E-state index contributed by atoms with van der Waals surface area (Å²) < 4.78 is 10.9. The first-order valence-corrected chi connectivity index (χ1v) is 8.39.